The first kappa shape index (κ1) is 13.6. The van der Waals surface area contributed by atoms with Crippen molar-refractivity contribution < 1.29 is 13.9 Å². The molecule has 0 aliphatic heterocycles. The highest BCUT2D eigenvalue weighted by atomic mass is 19.1. The molecule has 17 heavy (non-hydrogen) atoms. The highest BCUT2D eigenvalue weighted by Gasteiger charge is 2.11. The van der Waals surface area contributed by atoms with Crippen molar-refractivity contribution in [2.45, 2.75) is 26.7 Å². The molecule has 0 aromatic heterocycles. The molecule has 1 aromatic rings. The van der Waals surface area contributed by atoms with E-state index < -0.39 is 0 Å². The summed E-state index contributed by atoms with van der Waals surface area (Å²) in [6.07, 6.45) is 3.63. The molecule has 0 unspecified atom stereocenters. The molecule has 94 valence electrons. The molecule has 0 atom stereocenters. The molecular weight excluding hydrogens is 219 g/mol. The molecular formula is C14H19FO2. The van der Waals surface area contributed by atoms with Crippen LogP contribution in [-0.4, -0.2) is 13.2 Å². The van der Waals surface area contributed by atoms with Gasteiger partial charge in [-0.25, -0.2) is 4.39 Å². The van der Waals surface area contributed by atoms with Crippen LogP contribution in [0.15, 0.2) is 24.8 Å². The molecule has 0 aliphatic rings. The number of allylic oxidation sites excluding steroid dienone is 1. The van der Waals surface area contributed by atoms with E-state index in [4.69, 9.17) is 9.47 Å². The largest absolute Gasteiger partial charge is 0.493 e. The summed E-state index contributed by atoms with van der Waals surface area (Å²) in [6.45, 7) is 8.18. The summed E-state index contributed by atoms with van der Waals surface area (Å²) >= 11 is 0. The molecule has 1 rings (SSSR count). The second-order valence-corrected chi connectivity index (χ2v) is 3.71. The van der Waals surface area contributed by atoms with Crippen molar-refractivity contribution in [1.29, 1.82) is 0 Å². The van der Waals surface area contributed by atoms with Crippen molar-refractivity contribution in [3.63, 3.8) is 0 Å². The van der Waals surface area contributed by atoms with Gasteiger partial charge in [-0.05, 0) is 38.8 Å². The Bertz CT molecular complexity index is 375. The summed E-state index contributed by atoms with van der Waals surface area (Å²) < 4.78 is 24.5. The van der Waals surface area contributed by atoms with Crippen molar-refractivity contribution in [2.24, 2.45) is 0 Å². The first-order valence-electron chi connectivity index (χ1n) is 5.86. The summed E-state index contributed by atoms with van der Waals surface area (Å²) in [4.78, 5) is 0. The lowest BCUT2D eigenvalue weighted by Crippen LogP contribution is -2.02. The van der Waals surface area contributed by atoms with Crippen LogP contribution in [0.2, 0.25) is 0 Å². The highest BCUT2D eigenvalue weighted by molar-refractivity contribution is 5.41. The van der Waals surface area contributed by atoms with E-state index in [1.165, 1.54) is 0 Å². The summed E-state index contributed by atoms with van der Waals surface area (Å²) in [5.41, 5.74) is 0.495. The minimum atomic E-state index is -0.340. The fraction of sp³-hybridized carbons (Fsp3) is 0.429. The average molecular weight is 238 g/mol. The topological polar surface area (TPSA) is 18.5 Å². The molecule has 0 saturated heterocycles. The fourth-order valence-corrected chi connectivity index (χ4v) is 1.48. The van der Waals surface area contributed by atoms with Crippen molar-refractivity contribution in [3.8, 4) is 11.5 Å². The van der Waals surface area contributed by atoms with Crippen LogP contribution in [0.4, 0.5) is 4.39 Å². The summed E-state index contributed by atoms with van der Waals surface area (Å²) in [6, 6.07) is 3.35. The van der Waals surface area contributed by atoms with Crippen LogP contribution in [0.1, 0.15) is 25.3 Å². The van der Waals surface area contributed by atoms with Crippen molar-refractivity contribution in [1.82, 2.24) is 0 Å². The Balaban J connectivity index is 2.67. The number of hydrogen-bond acceptors (Lipinski definition) is 2. The molecule has 0 saturated carbocycles. The Hall–Kier alpha value is -1.51. The number of unbranched alkanes of at least 4 members (excludes halogenated alkanes) is 1. The van der Waals surface area contributed by atoms with Crippen LogP contribution in [0.25, 0.3) is 0 Å². The van der Waals surface area contributed by atoms with Crippen LogP contribution in [0, 0.1) is 12.7 Å². The summed E-state index contributed by atoms with van der Waals surface area (Å²) in [7, 11) is 0. The molecule has 0 radical (unpaired) electrons. The molecule has 1 aromatic carbocycles. The zero-order valence-corrected chi connectivity index (χ0v) is 10.5. The predicted octanol–water partition coefficient (Wildman–Crippen LogP) is 3.88. The van der Waals surface area contributed by atoms with E-state index in [0.29, 0.717) is 24.5 Å². The zero-order chi connectivity index (χ0) is 12.7. The normalized spacial score (nSPS) is 10.1. The van der Waals surface area contributed by atoms with Gasteiger partial charge < -0.3 is 9.47 Å². The van der Waals surface area contributed by atoms with E-state index in [1.54, 1.807) is 19.1 Å². The number of ether oxygens (including phenoxy) is 2. The monoisotopic (exact) mass is 238 g/mol. The van der Waals surface area contributed by atoms with Gasteiger partial charge in [0.1, 0.15) is 5.75 Å². The zero-order valence-electron chi connectivity index (χ0n) is 10.5. The molecule has 0 fully saturated rings. The maximum absolute atomic E-state index is 13.8. The highest BCUT2D eigenvalue weighted by Crippen LogP contribution is 2.28. The van der Waals surface area contributed by atoms with Gasteiger partial charge in [0.05, 0.1) is 13.2 Å². The SMILES string of the molecule is C=CCCCOc1ccc(OCC)c(F)c1C. The molecule has 3 heteroatoms. The third kappa shape index (κ3) is 3.77. The smallest absolute Gasteiger partial charge is 0.171 e. The number of halogens is 1. The Morgan fingerprint density at radius 2 is 2.00 bits per heavy atom. The molecule has 0 N–H and O–H groups in total. The Morgan fingerprint density at radius 1 is 1.29 bits per heavy atom. The predicted molar refractivity (Wildman–Crippen MR) is 67.2 cm³/mol. The fourth-order valence-electron chi connectivity index (χ4n) is 1.48. The van der Waals surface area contributed by atoms with Gasteiger partial charge in [-0.3, -0.25) is 0 Å². The lowest BCUT2D eigenvalue weighted by Gasteiger charge is -2.12. The molecule has 0 heterocycles. The number of hydrogen-bond donors (Lipinski definition) is 0. The third-order valence-electron chi connectivity index (χ3n) is 2.41. The van der Waals surface area contributed by atoms with Crippen LogP contribution >= 0.6 is 0 Å². The van der Waals surface area contributed by atoms with E-state index in [0.717, 1.165) is 12.8 Å². The molecule has 0 aliphatic carbocycles. The van der Waals surface area contributed by atoms with E-state index in [1.807, 2.05) is 13.0 Å². The first-order chi connectivity index (χ1) is 8.20. The van der Waals surface area contributed by atoms with Gasteiger partial charge >= 0.3 is 0 Å². The number of rotatable bonds is 7. The van der Waals surface area contributed by atoms with E-state index in [9.17, 15) is 4.39 Å². The van der Waals surface area contributed by atoms with Gasteiger partial charge in [-0.2, -0.15) is 0 Å². The molecule has 0 bridgehead atoms. The molecule has 0 amide bonds. The number of benzene rings is 1. The molecule has 0 spiro atoms. The summed E-state index contributed by atoms with van der Waals surface area (Å²) in [5, 5.41) is 0. The van der Waals surface area contributed by atoms with Gasteiger partial charge in [0.2, 0.25) is 0 Å². The molecule has 2 nitrogen and oxygen atoms in total. The maximum Gasteiger partial charge on any atom is 0.171 e. The first-order valence-corrected chi connectivity index (χ1v) is 5.86. The second kappa shape index (κ2) is 6.94. The lowest BCUT2D eigenvalue weighted by molar-refractivity contribution is 0.299. The standard InChI is InChI=1S/C14H19FO2/c1-4-6-7-10-17-12-8-9-13(16-5-2)14(15)11(12)3/h4,8-9H,1,5-7,10H2,2-3H3. The summed E-state index contributed by atoms with van der Waals surface area (Å²) in [5.74, 6) is 0.520. The van der Waals surface area contributed by atoms with E-state index >= 15 is 0 Å². The van der Waals surface area contributed by atoms with E-state index in [-0.39, 0.29) is 11.6 Å². The average Bonchev–Trinajstić information content (AvgIpc) is 2.33. The van der Waals surface area contributed by atoms with Crippen LogP contribution in [-0.2, 0) is 0 Å². The minimum absolute atomic E-state index is 0.281. The quantitative estimate of drug-likeness (QED) is 0.530. The van der Waals surface area contributed by atoms with Crippen molar-refractivity contribution in [2.75, 3.05) is 13.2 Å². The van der Waals surface area contributed by atoms with Gasteiger partial charge in [-0.1, -0.05) is 6.08 Å². The van der Waals surface area contributed by atoms with Crippen LogP contribution < -0.4 is 9.47 Å². The minimum Gasteiger partial charge on any atom is -0.493 e. The van der Waals surface area contributed by atoms with Gasteiger partial charge in [0, 0.05) is 5.56 Å². The van der Waals surface area contributed by atoms with Gasteiger partial charge in [-0.15, -0.1) is 6.58 Å². The lowest BCUT2D eigenvalue weighted by atomic mass is 10.2. The Morgan fingerprint density at radius 3 is 2.65 bits per heavy atom. The van der Waals surface area contributed by atoms with Crippen LogP contribution in [0.5, 0.6) is 11.5 Å². The van der Waals surface area contributed by atoms with Crippen LogP contribution in [0.3, 0.4) is 0 Å². The Labute approximate surface area is 102 Å². The Kier molecular flexibility index (Phi) is 5.53. The maximum atomic E-state index is 13.8. The van der Waals surface area contributed by atoms with Crippen molar-refractivity contribution >= 4 is 0 Å². The third-order valence-corrected chi connectivity index (χ3v) is 2.41. The second-order valence-electron chi connectivity index (χ2n) is 3.71. The van der Waals surface area contributed by atoms with E-state index in [2.05, 4.69) is 6.58 Å². The van der Waals surface area contributed by atoms with Crippen molar-refractivity contribution in [3.05, 3.63) is 36.2 Å². The van der Waals surface area contributed by atoms with Gasteiger partial charge in [0.15, 0.2) is 11.6 Å². The van der Waals surface area contributed by atoms with Gasteiger partial charge in [0.25, 0.3) is 0 Å².